The first-order chi connectivity index (χ1) is 13.4. The molecular weight excluding hydrogens is 518 g/mol. The van der Waals surface area contributed by atoms with Crippen LogP contribution in [0.5, 0.6) is 0 Å². The first-order valence-corrected chi connectivity index (χ1v) is 9.23. The van der Waals surface area contributed by atoms with Gasteiger partial charge in [0.2, 0.25) is 0 Å². The van der Waals surface area contributed by atoms with Crippen LogP contribution in [0.15, 0.2) is 47.6 Å². The van der Waals surface area contributed by atoms with Crippen molar-refractivity contribution in [1.29, 1.82) is 0 Å². The Kier molecular flexibility index (Phi) is 8.38. The smallest absolute Gasteiger partial charge is 0.353 e. The third kappa shape index (κ3) is 6.36. The standard InChI is InChI=1S/C19H21ClF3N5.HI/c1-24-18(26-11-13-4-6-14(7-5-13)19(21,22)23)27-15-8-10-28(12-15)17-16(20)3-2-9-25-17;/h2-7,9,15H,8,10-12H2,1H3,(H2,24,26,27);1H. The number of rotatable bonds is 4. The zero-order valence-electron chi connectivity index (χ0n) is 15.7. The highest BCUT2D eigenvalue weighted by Crippen LogP contribution is 2.29. The van der Waals surface area contributed by atoms with E-state index in [4.69, 9.17) is 11.6 Å². The van der Waals surface area contributed by atoms with Gasteiger partial charge >= 0.3 is 6.18 Å². The van der Waals surface area contributed by atoms with E-state index in [2.05, 4.69) is 25.5 Å². The molecule has 5 nitrogen and oxygen atoms in total. The van der Waals surface area contributed by atoms with Crippen LogP contribution in [0.2, 0.25) is 5.02 Å². The molecule has 2 heterocycles. The summed E-state index contributed by atoms with van der Waals surface area (Å²) in [4.78, 5) is 10.6. The van der Waals surface area contributed by atoms with Gasteiger partial charge in [-0.25, -0.2) is 4.98 Å². The molecule has 1 saturated heterocycles. The summed E-state index contributed by atoms with van der Waals surface area (Å²) in [5.74, 6) is 1.36. The summed E-state index contributed by atoms with van der Waals surface area (Å²) in [6.45, 7) is 1.93. The number of halogens is 5. The minimum absolute atomic E-state index is 0. The maximum Gasteiger partial charge on any atom is 0.416 e. The van der Waals surface area contributed by atoms with Crippen molar-refractivity contribution in [2.24, 2.45) is 4.99 Å². The molecule has 1 aliphatic rings. The van der Waals surface area contributed by atoms with E-state index >= 15 is 0 Å². The Morgan fingerprint density at radius 1 is 1.28 bits per heavy atom. The molecule has 2 aromatic rings. The van der Waals surface area contributed by atoms with E-state index in [1.807, 2.05) is 6.07 Å². The van der Waals surface area contributed by atoms with Crippen molar-refractivity contribution in [3.8, 4) is 0 Å². The average Bonchev–Trinajstić information content (AvgIpc) is 3.13. The van der Waals surface area contributed by atoms with Gasteiger partial charge in [0.1, 0.15) is 5.82 Å². The molecule has 3 rings (SSSR count). The molecule has 1 unspecified atom stereocenters. The van der Waals surface area contributed by atoms with Crippen LogP contribution in [-0.2, 0) is 12.7 Å². The minimum Gasteiger partial charge on any atom is -0.353 e. The maximum atomic E-state index is 12.6. The summed E-state index contributed by atoms with van der Waals surface area (Å²) in [5.41, 5.74) is 0.0854. The summed E-state index contributed by atoms with van der Waals surface area (Å²) in [5, 5.41) is 7.09. The van der Waals surface area contributed by atoms with Gasteiger partial charge in [0, 0.05) is 38.9 Å². The van der Waals surface area contributed by atoms with Crippen LogP contribution in [0.1, 0.15) is 17.5 Å². The van der Waals surface area contributed by atoms with Crippen molar-refractivity contribution in [3.63, 3.8) is 0 Å². The van der Waals surface area contributed by atoms with Crippen LogP contribution in [0.25, 0.3) is 0 Å². The second kappa shape index (κ2) is 10.3. The van der Waals surface area contributed by atoms with Gasteiger partial charge in [-0.3, -0.25) is 4.99 Å². The first-order valence-electron chi connectivity index (χ1n) is 8.85. The quantitative estimate of drug-likeness (QED) is 0.345. The van der Waals surface area contributed by atoms with E-state index < -0.39 is 11.7 Å². The summed E-state index contributed by atoms with van der Waals surface area (Å²) in [7, 11) is 1.66. The molecule has 29 heavy (non-hydrogen) atoms. The number of aliphatic imine (C=N–C) groups is 1. The molecular formula is C19H22ClF3IN5. The van der Waals surface area contributed by atoms with Crippen molar-refractivity contribution >= 4 is 47.4 Å². The van der Waals surface area contributed by atoms with Crippen LogP contribution in [-0.4, -0.2) is 37.1 Å². The van der Waals surface area contributed by atoms with Crippen molar-refractivity contribution in [2.45, 2.75) is 25.2 Å². The zero-order valence-corrected chi connectivity index (χ0v) is 18.8. The fourth-order valence-corrected chi connectivity index (χ4v) is 3.31. The Labute approximate surface area is 189 Å². The van der Waals surface area contributed by atoms with Crippen LogP contribution in [0, 0.1) is 0 Å². The lowest BCUT2D eigenvalue weighted by Crippen LogP contribution is -2.44. The highest BCUT2D eigenvalue weighted by atomic mass is 127. The molecule has 1 aliphatic heterocycles. The Morgan fingerprint density at radius 3 is 2.62 bits per heavy atom. The van der Waals surface area contributed by atoms with Gasteiger partial charge < -0.3 is 15.5 Å². The number of guanidine groups is 1. The number of alkyl halides is 3. The molecule has 0 radical (unpaired) electrons. The second-order valence-corrected chi connectivity index (χ2v) is 6.91. The summed E-state index contributed by atoms with van der Waals surface area (Å²) >= 11 is 6.21. The molecule has 1 aromatic heterocycles. The molecule has 1 fully saturated rings. The molecule has 158 valence electrons. The van der Waals surface area contributed by atoms with Gasteiger partial charge in [0.15, 0.2) is 5.96 Å². The van der Waals surface area contributed by atoms with Crippen LogP contribution >= 0.6 is 35.6 Å². The number of pyridine rings is 1. The van der Waals surface area contributed by atoms with E-state index in [0.717, 1.165) is 43.0 Å². The van der Waals surface area contributed by atoms with Crippen molar-refractivity contribution in [2.75, 3.05) is 25.0 Å². The van der Waals surface area contributed by atoms with E-state index in [1.165, 1.54) is 12.1 Å². The van der Waals surface area contributed by atoms with Gasteiger partial charge in [0.25, 0.3) is 0 Å². The number of hydrogen-bond acceptors (Lipinski definition) is 3. The van der Waals surface area contributed by atoms with Crippen molar-refractivity contribution in [1.82, 2.24) is 15.6 Å². The Balaban J connectivity index is 0.00000300. The fraction of sp³-hybridized carbons (Fsp3) is 0.368. The number of hydrogen-bond donors (Lipinski definition) is 2. The van der Waals surface area contributed by atoms with Crippen LogP contribution in [0.3, 0.4) is 0 Å². The van der Waals surface area contributed by atoms with E-state index in [9.17, 15) is 13.2 Å². The van der Waals surface area contributed by atoms with Crippen LogP contribution < -0.4 is 15.5 Å². The highest BCUT2D eigenvalue weighted by molar-refractivity contribution is 14.0. The molecule has 2 N–H and O–H groups in total. The molecule has 1 aromatic carbocycles. The average molecular weight is 540 g/mol. The molecule has 0 aliphatic carbocycles. The van der Waals surface area contributed by atoms with Gasteiger partial charge in [0.05, 0.1) is 10.6 Å². The molecule has 0 saturated carbocycles. The predicted octanol–water partition coefficient (Wildman–Crippen LogP) is 4.32. The van der Waals surface area contributed by atoms with E-state index in [1.54, 1.807) is 19.3 Å². The lowest BCUT2D eigenvalue weighted by Gasteiger charge is -2.20. The topological polar surface area (TPSA) is 52.6 Å². The zero-order chi connectivity index (χ0) is 20.1. The lowest BCUT2D eigenvalue weighted by molar-refractivity contribution is -0.137. The summed E-state index contributed by atoms with van der Waals surface area (Å²) in [6.07, 6.45) is -1.71. The Hall–Kier alpha value is -1.75. The molecule has 0 amide bonds. The number of nitrogens with one attached hydrogen (secondary N) is 2. The van der Waals surface area contributed by atoms with Gasteiger partial charge in [-0.1, -0.05) is 23.7 Å². The monoisotopic (exact) mass is 539 g/mol. The maximum absolute atomic E-state index is 12.6. The molecule has 10 heteroatoms. The Bertz CT molecular complexity index is 829. The van der Waals surface area contributed by atoms with E-state index in [0.29, 0.717) is 17.5 Å². The van der Waals surface area contributed by atoms with Crippen LogP contribution in [0.4, 0.5) is 19.0 Å². The largest absolute Gasteiger partial charge is 0.416 e. The predicted molar refractivity (Wildman–Crippen MR) is 120 cm³/mol. The SMILES string of the molecule is CN=C(NCc1ccc(C(F)(F)F)cc1)NC1CCN(c2ncccc2Cl)C1.I. The third-order valence-corrected chi connectivity index (χ3v) is 4.83. The normalized spacial score (nSPS) is 17.1. The van der Waals surface area contributed by atoms with Gasteiger partial charge in [-0.15, -0.1) is 24.0 Å². The molecule has 0 spiro atoms. The molecule has 0 bridgehead atoms. The number of benzene rings is 1. The summed E-state index contributed by atoms with van der Waals surface area (Å²) < 4.78 is 37.9. The van der Waals surface area contributed by atoms with Gasteiger partial charge in [-0.2, -0.15) is 13.2 Å². The van der Waals surface area contributed by atoms with Crippen molar-refractivity contribution in [3.05, 3.63) is 58.7 Å². The number of anilines is 1. The number of nitrogens with zero attached hydrogens (tertiary/aromatic N) is 3. The first kappa shape index (κ1) is 23.5. The molecule has 1 atom stereocenters. The second-order valence-electron chi connectivity index (χ2n) is 6.51. The van der Waals surface area contributed by atoms with Gasteiger partial charge in [-0.05, 0) is 36.2 Å². The van der Waals surface area contributed by atoms with Crippen molar-refractivity contribution < 1.29 is 13.2 Å². The third-order valence-electron chi connectivity index (χ3n) is 4.53. The van der Waals surface area contributed by atoms with E-state index in [-0.39, 0.29) is 30.0 Å². The number of aromatic nitrogens is 1. The Morgan fingerprint density at radius 2 is 2.00 bits per heavy atom. The summed E-state index contributed by atoms with van der Waals surface area (Å²) in [6, 6.07) is 8.86. The highest BCUT2D eigenvalue weighted by Gasteiger charge is 2.30. The lowest BCUT2D eigenvalue weighted by atomic mass is 10.1. The fourth-order valence-electron chi connectivity index (χ4n) is 3.07. The minimum atomic E-state index is -4.32.